The molecule has 1 atom stereocenters. The number of aryl methyl sites for hydroxylation is 1. The summed E-state index contributed by atoms with van der Waals surface area (Å²) >= 11 is 0. The highest BCUT2D eigenvalue weighted by Crippen LogP contribution is 2.26. The molecule has 1 aliphatic rings. The van der Waals surface area contributed by atoms with E-state index in [0.29, 0.717) is 11.3 Å². The van der Waals surface area contributed by atoms with E-state index in [9.17, 15) is 9.59 Å². The maximum atomic E-state index is 11.5. The van der Waals surface area contributed by atoms with Gasteiger partial charge in [-0.1, -0.05) is 29.8 Å². The van der Waals surface area contributed by atoms with Crippen molar-refractivity contribution in [2.75, 3.05) is 0 Å². The highest BCUT2D eigenvalue weighted by atomic mass is 16.2. The van der Waals surface area contributed by atoms with Gasteiger partial charge in [0.25, 0.3) is 0 Å². The maximum absolute atomic E-state index is 11.5. The Kier molecular flexibility index (Phi) is 3.19. The molecule has 94 valence electrons. The second kappa shape index (κ2) is 4.64. The number of carbonyl (C=O) groups excluding carboxylic acids is 2. The molecular formula is C14H16N2O2. The molecule has 0 bridgehead atoms. The van der Waals surface area contributed by atoms with Crippen LogP contribution in [0.4, 0.5) is 4.79 Å². The van der Waals surface area contributed by atoms with Crippen molar-refractivity contribution in [1.29, 1.82) is 0 Å². The summed E-state index contributed by atoms with van der Waals surface area (Å²) in [5, 5.41) is 5.52. The Morgan fingerprint density at radius 3 is 2.33 bits per heavy atom. The third-order valence-corrected chi connectivity index (χ3v) is 3.16. The van der Waals surface area contributed by atoms with Crippen molar-refractivity contribution >= 4 is 11.8 Å². The van der Waals surface area contributed by atoms with Crippen LogP contribution in [0.3, 0.4) is 0 Å². The van der Waals surface area contributed by atoms with E-state index in [1.54, 1.807) is 6.92 Å². The van der Waals surface area contributed by atoms with E-state index in [0.717, 1.165) is 11.1 Å². The number of rotatable bonds is 2. The first-order valence-electron chi connectivity index (χ1n) is 5.85. The zero-order chi connectivity index (χ0) is 13.3. The van der Waals surface area contributed by atoms with E-state index in [1.807, 2.05) is 31.2 Å². The maximum Gasteiger partial charge on any atom is 0.319 e. The summed E-state index contributed by atoms with van der Waals surface area (Å²) in [6, 6.07) is 7.36. The molecule has 1 aromatic rings. The lowest BCUT2D eigenvalue weighted by Crippen LogP contribution is -2.21. The molecule has 1 unspecified atom stereocenters. The smallest absolute Gasteiger partial charge is 0.319 e. The Bertz CT molecular complexity index is 529. The SMILES string of the molecule is CC(=O)/C(C)=C1\NC(=O)NC1c1ccc(C)cc1. The van der Waals surface area contributed by atoms with Crippen molar-refractivity contribution in [2.45, 2.75) is 26.8 Å². The Labute approximate surface area is 106 Å². The van der Waals surface area contributed by atoms with Gasteiger partial charge < -0.3 is 10.6 Å². The Morgan fingerprint density at radius 2 is 1.78 bits per heavy atom. The molecular weight excluding hydrogens is 228 g/mol. The number of urea groups is 1. The van der Waals surface area contributed by atoms with Crippen LogP contribution in [0.25, 0.3) is 0 Å². The van der Waals surface area contributed by atoms with Gasteiger partial charge in [-0.25, -0.2) is 4.79 Å². The molecule has 1 fully saturated rings. The van der Waals surface area contributed by atoms with Crippen LogP contribution < -0.4 is 10.6 Å². The fourth-order valence-corrected chi connectivity index (χ4v) is 1.94. The lowest BCUT2D eigenvalue weighted by molar-refractivity contribution is -0.113. The zero-order valence-corrected chi connectivity index (χ0v) is 10.7. The van der Waals surface area contributed by atoms with Crippen molar-refractivity contribution in [3.05, 3.63) is 46.7 Å². The average Bonchev–Trinajstić information content (AvgIpc) is 2.71. The summed E-state index contributed by atoms with van der Waals surface area (Å²) in [7, 11) is 0. The number of amides is 2. The molecule has 1 heterocycles. The van der Waals surface area contributed by atoms with Crippen LogP contribution in [0.15, 0.2) is 35.5 Å². The number of hydrogen-bond acceptors (Lipinski definition) is 2. The molecule has 1 aliphatic heterocycles. The predicted octanol–water partition coefficient (Wildman–Crippen LogP) is 2.21. The van der Waals surface area contributed by atoms with Gasteiger partial charge in [-0.05, 0) is 26.3 Å². The van der Waals surface area contributed by atoms with Gasteiger partial charge in [0, 0.05) is 5.57 Å². The minimum atomic E-state index is -0.267. The molecule has 2 rings (SSSR count). The number of nitrogens with one attached hydrogen (secondary N) is 2. The normalized spacial score (nSPS) is 21.3. The molecule has 1 aromatic carbocycles. The van der Waals surface area contributed by atoms with Crippen LogP contribution in [0, 0.1) is 6.92 Å². The molecule has 2 N–H and O–H groups in total. The molecule has 2 amide bonds. The molecule has 4 heteroatoms. The first-order chi connectivity index (χ1) is 8.49. The van der Waals surface area contributed by atoms with Crippen LogP contribution in [-0.4, -0.2) is 11.8 Å². The molecule has 0 aliphatic carbocycles. The van der Waals surface area contributed by atoms with Crippen molar-refractivity contribution in [1.82, 2.24) is 10.6 Å². The lowest BCUT2D eigenvalue weighted by atomic mass is 9.99. The van der Waals surface area contributed by atoms with Gasteiger partial charge in [0.2, 0.25) is 0 Å². The van der Waals surface area contributed by atoms with E-state index in [2.05, 4.69) is 10.6 Å². The minimum absolute atomic E-state index is 0.0360. The summed E-state index contributed by atoms with van der Waals surface area (Å²) in [5.41, 5.74) is 3.36. The number of ketones is 1. The summed E-state index contributed by atoms with van der Waals surface area (Å²) in [6.07, 6.45) is 0. The Balaban J connectivity index is 2.42. The van der Waals surface area contributed by atoms with E-state index >= 15 is 0 Å². The third-order valence-electron chi connectivity index (χ3n) is 3.16. The first-order valence-corrected chi connectivity index (χ1v) is 5.85. The number of hydrogen-bond donors (Lipinski definition) is 2. The van der Waals surface area contributed by atoms with E-state index < -0.39 is 0 Å². The minimum Gasteiger partial charge on any atom is -0.325 e. The second-order valence-corrected chi connectivity index (χ2v) is 4.54. The largest absolute Gasteiger partial charge is 0.325 e. The van der Waals surface area contributed by atoms with E-state index in [-0.39, 0.29) is 17.9 Å². The van der Waals surface area contributed by atoms with Crippen molar-refractivity contribution in [3.8, 4) is 0 Å². The molecule has 0 radical (unpaired) electrons. The van der Waals surface area contributed by atoms with Gasteiger partial charge in [-0.3, -0.25) is 4.79 Å². The van der Waals surface area contributed by atoms with Gasteiger partial charge in [0.1, 0.15) is 0 Å². The predicted molar refractivity (Wildman–Crippen MR) is 69.0 cm³/mol. The first kappa shape index (κ1) is 12.4. The highest BCUT2D eigenvalue weighted by Gasteiger charge is 2.29. The summed E-state index contributed by atoms with van der Waals surface area (Å²) in [4.78, 5) is 22.9. The van der Waals surface area contributed by atoms with Gasteiger partial charge in [-0.2, -0.15) is 0 Å². The average molecular weight is 244 g/mol. The second-order valence-electron chi connectivity index (χ2n) is 4.54. The fourth-order valence-electron chi connectivity index (χ4n) is 1.94. The van der Waals surface area contributed by atoms with Crippen molar-refractivity contribution in [3.63, 3.8) is 0 Å². The monoisotopic (exact) mass is 244 g/mol. The van der Waals surface area contributed by atoms with Gasteiger partial charge in [-0.15, -0.1) is 0 Å². The van der Waals surface area contributed by atoms with Gasteiger partial charge >= 0.3 is 6.03 Å². The quantitative estimate of drug-likeness (QED) is 0.784. The molecule has 1 saturated heterocycles. The van der Waals surface area contributed by atoms with Crippen LogP contribution in [-0.2, 0) is 4.79 Å². The number of benzene rings is 1. The summed E-state index contributed by atoms with van der Waals surface area (Å²) in [5.74, 6) is -0.0360. The molecule has 4 nitrogen and oxygen atoms in total. The van der Waals surface area contributed by atoms with Gasteiger partial charge in [0.05, 0.1) is 11.7 Å². The highest BCUT2D eigenvalue weighted by molar-refractivity contribution is 5.95. The topological polar surface area (TPSA) is 58.2 Å². The molecule has 0 aromatic heterocycles. The molecule has 0 spiro atoms. The summed E-state index contributed by atoms with van der Waals surface area (Å²) < 4.78 is 0. The van der Waals surface area contributed by atoms with Crippen LogP contribution in [0.2, 0.25) is 0 Å². The van der Waals surface area contributed by atoms with E-state index in [4.69, 9.17) is 0 Å². The zero-order valence-electron chi connectivity index (χ0n) is 10.7. The standard InChI is InChI=1S/C14H16N2O2/c1-8-4-6-11(7-5-8)13-12(9(2)10(3)17)15-14(18)16-13/h4-7,13H,1-3H3,(H2,15,16,18)/b12-9-. The Morgan fingerprint density at radius 1 is 1.17 bits per heavy atom. The fraction of sp³-hybridized carbons (Fsp3) is 0.286. The van der Waals surface area contributed by atoms with Crippen LogP contribution in [0.1, 0.15) is 31.0 Å². The number of allylic oxidation sites excluding steroid dienone is 1. The van der Waals surface area contributed by atoms with Crippen LogP contribution >= 0.6 is 0 Å². The van der Waals surface area contributed by atoms with Gasteiger partial charge in [0.15, 0.2) is 5.78 Å². The number of Topliss-reactive ketones (excluding diaryl/α,β-unsaturated/α-hetero) is 1. The van der Waals surface area contributed by atoms with E-state index in [1.165, 1.54) is 6.92 Å². The van der Waals surface area contributed by atoms with Crippen molar-refractivity contribution < 1.29 is 9.59 Å². The molecule has 18 heavy (non-hydrogen) atoms. The van der Waals surface area contributed by atoms with Crippen LogP contribution in [0.5, 0.6) is 0 Å². The molecule has 0 saturated carbocycles. The third kappa shape index (κ3) is 2.27. The lowest BCUT2D eigenvalue weighted by Gasteiger charge is -2.13. The number of carbonyl (C=O) groups is 2. The Hall–Kier alpha value is -2.10. The summed E-state index contributed by atoms with van der Waals surface area (Å²) in [6.45, 7) is 5.23. The van der Waals surface area contributed by atoms with Crippen molar-refractivity contribution in [2.24, 2.45) is 0 Å².